The average molecular weight is 430 g/mol. The van der Waals surface area contributed by atoms with E-state index in [1.807, 2.05) is 0 Å². The number of anilines is 2. The highest BCUT2D eigenvalue weighted by Crippen LogP contribution is 2.52. The van der Waals surface area contributed by atoms with Gasteiger partial charge in [0, 0.05) is 16.8 Å². The normalized spacial score (nSPS) is 19.9. The molecule has 0 fully saturated rings. The molecule has 6 rings (SSSR count). The summed E-state index contributed by atoms with van der Waals surface area (Å²) in [5.74, 6) is 0.994. The molecule has 0 saturated carbocycles. The summed E-state index contributed by atoms with van der Waals surface area (Å²) >= 11 is 0. The lowest BCUT2D eigenvalue weighted by molar-refractivity contribution is 0.589. The van der Waals surface area contributed by atoms with E-state index in [-0.39, 0.29) is 5.41 Å². The Hall–Kier alpha value is -3.32. The van der Waals surface area contributed by atoms with E-state index in [9.17, 15) is 0 Å². The van der Waals surface area contributed by atoms with Gasteiger partial charge in [0.2, 0.25) is 0 Å². The standard InChI is InChI=1S/C32H31N/c1-20-16-21(2)26-18-29-27(25-12-8-9-13-28(25)32(29,3)4)19-31(26)33-30-17-23(14-15-24(20)30)22-10-6-5-7-11-22/h5-15,17-21,33H,16H2,1-4H3. The van der Waals surface area contributed by atoms with Crippen molar-refractivity contribution in [2.45, 2.75) is 51.4 Å². The smallest absolute Gasteiger partial charge is 0.0426 e. The highest BCUT2D eigenvalue weighted by Gasteiger charge is 2.36. The topological polar surface area (TPSA) is 12.0 Å². The van der Waals surface area contributed by atoms with Crippen molar-refractivity contribution in [1.29, 1.82) is 0 Å². The molecule has 164 valence electrons. The molecule has 1 heteroatoms. The number of rotatable bonds is 1. The first-order valence-electron chi connectivity index (χ1n) is 12.2. The van der Waals surface area contributed by atoms with Gasteiger partial charge >= 0.3 is 0 Å². The molecule has 1 nitrogen and oxygen atoms in total. The summed E-state index contributed by atoms with van der Waals surface area (Å²) in [5.41, 5.74) is 13.6. The molecule has 33 heavy (non-hydrogen) atoms. The number of nitrogens with one attached hydrogen (secondary N) is 1. The zero-order chi connectivity index (χ0) is 22.7. The first kappa shape index (κ1) is 20.3. The number of benzene rings is 4. The minimum absolute atomic E-state index is 0.0348. The molecule has 1 N–H and O–H groups in total. The van der Waals surface area contributed by atoms with Gasteiger partial charge in [-0.25, -0.2) is 0 Å². The van der Waals surface area contributed by atoms with Crippen molar-refractivity contribution in [3.63, 3.8) is 0 Å². The van der Waals surface area contributed by atoms with Crippen LogP contribution in [-0.2, 0) is 5.41 Å². The zero-order valence-electron chi connectivity index (χ0n) is 19.9. The van der Waals surface area contributed by atoms with Crippen LogP contribution in [0.4, 0.5) is 11.4 Å². The van der Waals surface area contributed by atoms with Gasteiger partial charge in [-0.2, -0.15) is 0 Å². The summed E-state index contributed by atoms with van der Waals surface area (Å²) < 4.78 is 0. The van der Waals surface area contributed by atoms with Crippen LogP contribution in [0.3, 0.4) is 0 Å². The average Bonchev–Trinajstić information content (AvgIpc) is 3.05. The highest BCUT2D eigenvalue weighted by atomic mass is 14.9. The molecule has 2 aliphatic rings. The monoisotopic (exact) mass is 429 g/mol. The summed E-state index contributed by atoms with van der Waals surface area (Å²) in [6.07, 6.45) is 1.15. The van der Waals surface area contributed by atoms with Gasteiger partial charge in [0.15, 0.2) is 0 Å². The van der Waals surface area contributed by atoms with Crippen molar-refractivity contribution in [1.82, 2.24) is 0 Å². The van der Waals surface area contributed by atoms with Gasteiger partial charge in [-0.3, -0.25) is 0 Å². The molecule has 1 aliphatic heterocycles. The second-order valence-electron chi connectivity index (χ2n) is 10.5. The van der Waals surface area contributed by atoms with Crippen molar-refractivity contribution in [2.24, 2.45) is 0 Å². The van der Waals surface area contributed by atoms with Crippen molar-refractivity contribution in [2.75, 3.05) is 5.32 Å². The van der Waals surface area contributed by atoms with E-state index in [0.29, 0.717) is 11.8 Å². The Labute approximate surface area is 197 Å². The largest absolute Gasteiger partial charge is 0.355 e. The minimum Gasteiger partial charge on any atom is -0.355 e. The quantitative estimate of drug-likeness (QED) is 0.318. The first-order valence-corrected chi connectivity index (χ1v) is 12.2. The van der Waals surface area contributed by atoms with E-state index in [1.165, 1.54) is 55.9 Å². The van der Waals surface area contributed by atoms with Crippen LogP contribution in [0.1, 0.15) is 68.2 Å². The van der Waals surface area contributed by atoms with Gasteiger partial charge in [0.25, 0.3) is 0 Å². The zero-order valence-corrected chi connectivity index (χ0v) is 19.9. The molecule has 0 saturated heterocycles. The number of hydrogen-bond donors (Lipinski definition) is 1. The molecule has 1 aliphatic carbocycles. The van der Waals surface area contributed by atoms with Crippen LogP contribution in [0.15, 0.2) is 84.9 Å². The van der Waals surface area contributed by atoms with E-state index < -0.39 is 0 Å². The SMILES string of the molecule is CC1CC(C)c2cc3c(cc2Nc2cc(-c4ccccc4)ccc21)-c1ccccc1C3(C)C. The lowest BCUT2D eigenvalue weighted by atomic mass is 9.78. The van der Waals surface area contributed by atoms with Crippen LogP contribution >= 0.6 is 0 Å². The summed E-state index contributed by atoms with van der Waals surface area (Å²) in [5, 5.41) is 3.90. The second kappa shape index (κ2) is 7.35. The van der Waals surface area contributed by atoms with E-state index in [1.54, 1.807) is 0 Å². The predicted molar refractivity (Wildman–Crippen MR) is 141 cm³/mol. The van der Waals surface area contributed by atoms with Gasteiger partial charge < -0.3 is 5.32 Å². The van der Waals surface area contributed by atoms with Crippen LogP contribution in [0, 0.1) is 0 Å². The van der Waals surface area contributed by atoms with Gasteiger partial charge in [0.05, 0.1) is 0 Å². The molecular formula is C32H31N. The molecule has 0 aromatic heterocycles. The Morgan fingerprint density at radius 3 is 2.15 bits per heavy atom. The van der Waals surface area contributed by atoms with Crippen LogP contribution < -0.4 is 5.32 Å². The third kappa shape index (κ3) is 3.14. The van der Waals surface area contributed by atoms with Crippen molar-refractivity contribution in [3.05, 3.63) is 107 Å². The lowest BCUT2D eigenvalue weighted by Crippen LogP contribution is -2.17. The molecule has 4 aromatic carbocycles. The summed E-state index contributed by atoms with van der Waals surface area (Å²) in [4.78, 5) is 0. The van der Waals surface area contributed by atoms with Crippen LogP contribution in [0.2, 0.25) is 0 Å². The highest BCUT2D eigenvalue weighted by molar-refractivity contribution is 5.86. The summed E-state index contributed by atoms with van der Waals surface area (Å²) in [7, 11) is 0. The number of hydrogen-bond acceptors (Lipinski definition) is 1. The molecule has 0 amide bonds. The van der Waals surface area contributed by atoms with E-state index in [2.05, 4.69) is 118 Å². The maximum atomic E-state index is 3.90. The first-order chi connectivity index (χ1) is 15.9. The fourth-order valence-electron chi connectivity index (χ4n) is 6.11. The maximum Gasteiger partial charge on any atom is 0.0426 e. The number of fused-ring (bicyclic) bond motifs is 5. The Morgan fingerprint density at radius 2 is 1.33 bits per heavy atom. The molecule has 4 aromatic rings. The van der Waals surface area contributed by atoms with Gasteiger partial charge in [-0.15, -0.1) is 0 Å². The molecule has 1 heterocycles. The fourth-order valence-corrected chi connectivity index (χ4v) is 6.11. The summed E-state index contributed by atoms with van der Waals surface area (Å²) in [6.45, 7) is 9.50. The van der Waals surface area contributed by atoms with Crippen molar-refractivity contribution >= 4 is 11.4 Å². The molecule has 0 spiro atoms. The third-order valence-electron chi connectivity index (χ3n) is 7.95. The van der Waals surface area contributed by atoms with Gasteiger partial charge in [-0.1, -0.05) is 100 Å². The van der Waals surface area contributed by atoms with Crippen LogP contribution in [-0.4, -0.2) is 0 Å². The van der Waals surface area contributed by atoms with Crippen molar-refractivity contribution in [3.8, 4) is 22.3 Å². The second-order valence-corrected chi connectivity index (χ2v) is 10.5. The molecule has 0 radical (unpaired) electrons. The molecule has 2 unspecified atom stereocenters. The van der Waals surface area contributed by atoms with E-state index >= 15 is 0 Å². The molecule has 2 atom stereocenters. The summed E-state index contributed by atoms with van der Waals surface area (Å²) in [6, 6.07) is 31.5. The minimum atomic E-state index is 0.0348. The Balaban J connectivity index is 1.53. The van der Waals surface area contributed by atoms with Crippen LogP contribution in [0.5, 0.6) is 0 Å². The molecule has 0 bridgehead atoms. The maximum absolute atomic E-state index is 3.90. The lowest BCUT2D eigenvalue weighted by Gasteiger charge is -2.30. The Kier molecular flexibility index (Phi) is 4.52. The van der Waals surface area contributed by atoms with Gasteiger partial charge in [-0.05, 0) is 74.9 Å². The predicted octanol–water partition coefficient (Wildman–Crippen LogP) is 9.01. The molecular weight excluding hydrogens is 398 g/mol. The Bertz CT molecular complexity index is 1360. The van der Waals surface area contributed by atoms with E-state index in [0.717, 1.165) is 6.42 Å². The van der Waals surface area contributed by atoms with Crippen molar-refractivity contribution < 1.29 is 0 Å². The van der Waals surface area contributed by atoms with E-state index in [4.69, 9.17) is 0 Å². The van der Waals surface area contributed by atoms with Gasteiger partial charge in [0.1, 0.15) is 0 Å². The third-order valence-corrected chi connectivity index (χ3v) is 7.95. The fraction of sp³-hybridized carbons (Fsp3) is 0.250. The van der Waals surface area contributed by atoms with Crippen LogP contribution in [0.25, 0.3) is 22.3 Å². The Morgan fingerprint density at radius 1 is 0.636 bits per heavy atom.